The molecule has 1 aliphatic heterocycles. The van der Waals surface area contributed by atoms with Crippen molar-refractivity contribution >= 4 is 11.7 Å². The summed E-state index contributed by atoms with van der Waals surface area (Å²) in [6.07, 6.45) is 7.88. The lowest BCUT2D eigenvalue weighted by molar-refractivity contribution is 0.189. The summed E-state index contributed by atoms with van der Waals surface area (Å²) in [6, 6.07) is 11.7. The number of likely N-dealkylation sites (tertiary alicyclic amines) is 1. The first-order chi connectivity index (χ1) is 13.1. The van der Waals surface area contributed by atoms with E-state index in [1.165, 1.54) is 0 Å². The van der Waals surface area contributed by atoms with Crippen molar-refractivity contribution in [1.82, 2.24) is 9.88 Å². The number of ether oxygens (including phenoxy) is 1. The quantitative estimate of drug-likeness (QED) is 0.784. The van der Waals surface area contributed by atoms with Crippen molar-refractivity contribution in [2.75, 3.05) is 18.5 Å². The largest absolute Gasteiger partial charge is 0.491 e. The van der Waals surface area contributed by atoms with Gasteiger partial charge in [-0.2, -0.15) is 0 Å². The van der Waals surface area contributed by atoms with Gasteiger partial charge in [-0.15, -0.1) is 0 Å². The highest BCUT2D eigenvalue weighted by Crippen LogP contribution is 2.31. The van der Waals surface area contributed by atoms with Gasteiger partial charge < -0.3 is 15.0 Å². The number of hydrogen-bond acceptors (Lipinski definition) is 3. The van der Waals surface area contributed by atoms with E-state index >= 15 is 0 Å². The minimum Gasteiger partial charge on any atom is -0.491 e. The van der Waals surface area contributed by atoms with E-state index in [9.17, 15) is 4.79 Å². The van der Waals surface area contributed by atoms with E-state index in [-0.39, 0.29) is 12.1 Å². The first-order valence-electron chi connectivity index (χ1n) is 9.84. The van der Waals surface area contributed by atoms with Gasteiger partial charge in [0.1, 0.15) is 5.75 Å². The summed E-state index contributed by atoms with van der Waals surface area (Å²) in [5, 5.41) is 3.08. The minimum absolute atomic E-state index is 0.0701. The molecule has 1 saturated heterocycles. The van der Waals surface area contributed by atoms with Crippen LogP contribution >= 0.6 is 0 Å². The van der Waals surface area contributed by atoms with Crippen molar-refractivity contribution in [3.8, 4) is 5.75 Å². The summed E-state index contributed by atoms with van der Waals surface area (Å²) < 4.78 is 5.88. The molecule has 0 spiro atoms. The number of para-hydroxylation sites is 2. The highest BCUT2D eigenvalue weighted by atomic mass is 16.5. The number of anilines is 1. The number of pyridine rings is 1. The maximum atomic E-state index is 13.1. The lowest BCUT2D eigenvalue weighted by atomic mass is 10.0. The van der Waals surface area contributed by atoms with E-state index in [2.05, 4.69) is 24.1 Å². The molecule has 1 aromatic heterocycles. The summed E-state index contributed by atoms with van der Waals surface area (Å²) in [4.78, 5) is 19.2. The molecule has 5 heteroatoms. The number of urea groups is 1. The van der Waals surface area contributed by atoms with E-state index in [1.54, 1.807) is 12.4 Å². The molecule has 0 aliphatic carbocycles. The second-order valence-electron chi connectivity index (χ2n) is 7.47. The molecule has 3 rings (SSSR count). The van der Waals surface area contributed by atoms with Gasteiger partial charge in [-0.1, -0.05) is 38.8 Å². The number of aromatic nitrogens is 1. The summed E-state index contributed by atoms with van der Waals surface area (Å²) >= 11 is 0. The third kappa shape index (κ3) is 5.22. The van der Waals surface area contributed by atoms with Crippen LogP contribution in [-0.2, 0) is 0 Å². The van der Waals surface area contributed by atoms with Gasteiger partial charge in [-0.3, -0.25) is 4.98 Å². The molecule has 144 valence electrons. The molecule has 1 unspecified atom stereocenters. The molecule has 0 bridgehead atoms. The number of benzene rings is 1. The van der Waals surface area contributed by atoms with Crippen LogP contribution in [0, 0.1) is 5.92 Å². The summed E-state index contributed by atoms with van der Waals surface area (Å²) in [7, 11) is 0. The van der Waals surface area contributed by atoms with Crippen molar-refractivity contribution in [3.63, 3.8) is 0 Å². The maximum Gasteiger partial charge on any atom is 0.322 e. The van der Waals surface area contributed by atoms with Gasteiger partial charge in [0.2, 0.25) is 0 Å². The average molecular weight is 367 g/mol. The van der Waals surface area contributed by atoms with Gasteiger partial charge in [0.15, 0.2) is 0 Å². The van der Waals surface area contributed by atoms with Crippen molar-refractivity contribution in [1.29, 1.82) is 0 Å². The Morgan fingerprint density at radius 1 is 1.19 bits per heavy atom. The topological polar surface area (TPSA) is 54.5 Å². The summed E-state index contributed by atoms with van der Waals surface area (Å²) in [5.41, 5.74) is 1.87. The number of rotatable bonds is 5. The Kier molecular flexibility index (Phi) is 6.69. The number of nitrogens with zero attached hydrogens (tertiary/aromatic N) is 2. The molecule has 1 fully saturated rings. The van der Waals surface area contributed by atoms with Crippen molar-refractivity contribution in [2.24, 2.45) is 5.92 Å². The monoisotopic (exact) mass is 367 g/mol. The van der Waals surface area contributed by atoms with Gasteiger partial charge in [0, 0.05) is 18.9 Å². The first kappa shape index (κ1) is 19.2. The van der Waals surface area contributed by atoms with Crippen LogP contribution in [-0.4, -0.2) is 29.1 Å². The van der Waals surface area contributed by atoms with Crippen LogP contribution in [0.25, 0.3) is 0 Å². The minimum atomic E-state index is -0.0701. The molecule has 2 heterocycles. The summed E-state index contributed by atoms with van der Waals surface area (Å²) in [6.45, 7) is 5.60. The third-order valence-electron chi connectivity index (χ3n) is 4.81. The van der Waals surface area contributed by atoms with E-state index < -0.39 is 0 Å². The Hall–Kier alpha value is -2.56. The summed E-state index contributed by atoms with van der Waals surface area (Å²) in [5.74, 6) is 1.14. The molecular weight excluding hydrogens is 338 g/mol. The molecule has 2 amide bonds. The average Bonchev–Trinajstić information content (AvgIpc) is 2.94. The van der Waals surface area contributed by atoms with Crippen molar-refractivity contribution in [3.05, 3.63) is 54.4 Å². The first-order valence-corrected chi connectivity index (χ1v) is 9.84. The Morgan fingerprint density at radius 3 is 2.74 bits per heavy atom. The van der Waals surface area contributed by atoms with Crippen LogP contribution in [0.15, 0.2) is 48.8 Å². The Balaban J connectivity index is 1.77. The van der Waals surface area contributed by atoms with Crippen LogP contribution in [0.3, 0.4) is 0 Å². The fourth-order valence-corrected chi connectivity index (χ4v) is 3.42. The SMILES string of the molecule is CC(C)COc1ccccc1NC(=O)N1CCCCCC1c1ccncc1. The molecule has 5 nitrogen and oxygen atoms in total. The highest BCUT2D eigenvalue weighted by Gasteiger charge is 2.27. The zero-order chi connectivity index (χ0) is 19.1. The molecule has 2 aromatic rings. The number of amides is 2. The third-order valence-corrected chi connectivity index (χ3v) is 4.81. The van der Waals surface area contributed by atoms with E-state index in [0.717, 1.165) is 49.2 Å². The molecule has 0 radical (unpaired) electrons. The number of carbonyl (C=O) groups excluding carboxylic acids is 1. The van der Waals surface area contributed by atoms with Crippen molar-refractivity contribution < 1.29 is 9.53 Å². The Bertz CT molecular complexity index is 733. The number of hydrogen-bond donors (Lipinski definition) is 1. The van der Waals surface area contributed by atoms with E-state index in [4.69, 9.17) is 4.74 Å². The fraction of sp³-hybridized carbons (Fsp3) is 0.455. The molecule has 27 heavy (non-hydrogen) atoms. The normalized spacial score (nSPS) is 17.4. The Morgan fingerprint density at radius 2 is 1.96 bits per heavy atom. The molecule has 1 N–H and O–H groups in total. The second-order valence-corrected chi connectivity index (χ2v) is 7.47. The lowest BCUT2D eigenvalue weighted by Crippen LogP contribution is -2.38. The standard InChI is InChI=1S/C22H29N3O2/c1-17(2)16-27-21-10-6-5-8-19(21)24-22(26)25-15-7-3-4-9-20(25)18-11-13-23-14-12-18/h5-6,8,10-14,17,20H,3-4,7,9,15-16H2,1-2H3,(H,24,26). The highest BCUT2D eigenvalue weighted by molar-refractivity contribution is 5.91. The number of carbonyl (C=O) groups is 1. The van der Waals surface area contributed by atoms with Crippen LogP contribution in [0.4, 0.5) is 10.5 Å². The molecular formula is C22H29N3O2. The number of nitrogens with one attached hydrogen (secondary N) is 1. The zero-order valence-corrected chi connectivity index (χ0v) is 16.2. The van der Waals surface area contributed by atoms with Crippen LogP contribution in [0.1, 0.15) is 51.1 Å². The maximum absolute atomic E-state index is 13.1. The predicted octanol–water partition coefficient (Wildman–Crippen LogP) is 5.27. The molecule has 1 atom stereocenters. The van der Waals surface area contributed by atoms with Gasteiger partial charge in [-0.25, -0.2) is 4.79 Å². The van der Waals surface area contributed by atoms with Crippen LogP contribution in [0.5, 0.6) is 5.75 Å². The second kappa shape index (κ2) is 9.40. The van der Waals surface area contributed by atoms with Gasteiger partial charge in [0.25, 0.3) is 0 Å². The molecule has 1 aliphatic rings. The van der Waals surface area contributed by atoms with Crippen LogP contribution < -0.4 is 10.1 Å². The van der Waals surface area contributed by atoms with Crippen molar-refractivity contribution in [2.45, 2.75) is 45.6 Å². The van der Waals surface area contributed by atoms with Gasteiger partial charge in [-0.05, 0) is 48.6 Å². The van der Waals surface area contributed by atoms with Crippen LogP contribution in [0.2, 0.25) is 0 Å². The fourth-order valence-electron chi connectivity index (χ4n) is 3.42. The molecule has 0 saturated carbocycles. The van der Waals surface area contributed by atoms with Gasteiger partial charge >= 0.3 is 6.03 Å². The smallest absolute Gasteiger partial charge is 0.322 e. The Labute approximate surface area is 161 Å². The van der Waals surface area contributed by atoms with Gasteiger partial charge in [0.05, 0.1) is 18.3 Å². The van der Waals surface area contributed by atoms with E-state index in [0.29, 0.717) is 12.5 Å². The lowest BCUT2D eigenvalue weighted by Gasteiger charge is -2.30. The zero-order valence-electron chi connectivity index (χ0n) is 16.2. The van der Waals surface area contributed by atoms with E-state index in [1.807, 2.05) is 41.3 Å². The predicted molar refractivity (Wildman–Crippen MR) is 108 cm³/mol. The molecule has 1 aromatic carbocycles.